The third-order valence-corrected chi connectivity index (χ3v) is 3.06. The van der Waals surface area contributed by atoms with Crippen molar-refractivity contribution >= 4 is 5.97 Å². The predicted octanol–water partition coefficient (Wildman–Crippen LogP) is 1.53. The Morgan fingerprint density at radius 2 is 2.20 bits per heavy atom. The zero-order valence-corrected chi connectivity index (χ0v) is 8.73. The molecule has 1 aliphatic heterocycles. The number of hydrogen-bond donors (Lipinski definition) is 2. The minimum absolute atomic E-state index is 0.340. The van der Waals surface area contributed by atoms with E-state index in [-0.39, 0.29) is 6.04 Å². The number of aryl methyl sites for hydroxylation is 1. The van der Waals surface area contributed by atoms with Crippen molar-refractivity contribution in [3.05, 3.63) is 35.4 Å². The van der Waals surface area contributed by atoms with E-state index in [2.05, 4.69) is 24.4 Å². The fourth-order valence-electron chi connectivity index (χ4n) is 2.21. The van der Waals surface area contributed by atoms with Gasteiger partial charge in [-0.2, -0.15) is 0 Å². The lowest BCUT2D eigenvalue weighted by Gasteiger charge is -2.11. The van der Waals surface area contributed by atoms with E-state index in [1.807, 2.05) is 12.1 Å². The van der Waals surface area contributed by atoms with Crippen LogP contribution in [0.3, 0.4) is 0 Å². The Kier molecular flexibility index (Phi) is 2.73. The molecular formula is C12H15NO2. The Labute approximate surface area is 89.1 Å². The molecule has 2 atom stereocenters. The number of aliphatic carboxylic acids is 1. The summed E-state index contributed by atoms with van der Waals surface area (Å²) in [6.07, 6.45) is 0.695. The standard InChI is InChI=1S/C12H15NO2/c1-8-4-2-3-5-10(8)9-6-11(12(14)15)13-7-9/h2-5,9,11,13H,6-7H2,1H3,(H,14,15)/t9?,11-/m0/s1. The van der Waals surface area contributed by atoms with Crippen LogP contribution in [0.4, 0.5) is 0 Å². The Morgan fingerprint density at radius 3 is 2.80 bits per heavy atom. The number of rotatable bonds is 2. The maximum atomic E-state index is 10.8. The Morgan fingerprint density at radius 1 is 1.47 bits per heavy atom. The van der Waals surface area contributed by atoms with Crippen molar-refractivity contribution in [1.82, 2.24) is 5.32 Å². The monoisotopic (exact) mass is 205 g/mol. The summed E-state index contributed by atoms with van der Waals surface area (Å²) in [5.41, 5.74) is 2.52. The third-order valence-electron chi connectivity index (χ3n) is 3.06. The van der Waals surface area contributed by atoms with Gasteiger partial charge >= 0.3 is 5.97 Å². The molecule has 0 aromatic heterocycles. The molecule has 0 bridgehead atoms. The summed E-state index contributed by atoms with van der Waals surface area (Å²) in [7, 11) is 0. The lowest BCUT2D eigenvalue weighted by atomic mass is 9.93. The lowest BCUT2D eigenvalue weighted by molar-refractivity contribution is -0.139. The molecule has 3 heteroatoms. The van der Waals surface area contributed by atoms with Gasteiger partial charge in [0.1, 0.15) is 6.04 Å². The van der Waals surface area contributed by atoms with Gasteiger partial charge in [0.2, 0.25) is 0 Å². The predicted molar refractivity (Wildman–Crippen MR) is 58.0 cm³/mol. The van der Waals surface area contributed by atoms with Gasteiger partial charge in [-0.15, -0.1) is 0 Å². The van der Waals surface area contributed by atoms with E-state index in [4.69, 9.17) is 5.11 Å². The first-order valence-corrected chi connectivity index (χ1v) is 5.20. The molecule has 3 nitrogen and oxygen atoms in total. The maximum absolute atomic E-state index is 10.8. The van der Waals surface area contributed by atoms with Crippen molar-refractivity contribution in [3.8, 4) is 0 Å². The fourth-order valence-corrected chi connectivity index (χ4v) is 2.21. The Balaban J connectivity index is 2.14. The van der Waals surface area contributed by atoms with Gasteiger partial charge in [-0.3, -0.25) is 4.79 Å². The van der Waals surface area contributed by atoms with E-state index in [0.717, 1.165) is 6.54 Å². The minimum atomic E-state index is -0.744. The first-order chi connectivity index (χ1) is 7.18. The second-order valence-corrected chi connectivity index (χ2v) is 4.09. The molecule has 2 rings (SSSR count). The molecule has 1 fully saturated rings. The van der Waals surface area contributed by atoms with Crippen LogP contribution in [-0.2, 0) is 4.79 Å². The van der Waals surface area contributed by atoms with Gasteiger partial charge in [-0.05, 0) is 30.4 Å². The number of carboxylic acid groups (broad SMARTS) is 1. The van der Waals surface area contributed by atoms with Crippen LogP contribution in [0.25, 0.3) is 0 Å². The third kappa shape index (κ3) is 2.02. The highest BCUT2D eigenvalue weighted by Gasteiger charge is 2.30. The molecule has 1 aromatic rings. The Bertz CT molecular complexity index is 376. The van der Waals surface area contributed by atoms with Gasteiger partial charge in [0.05, 0.1) is 0 Å². The summed E-state index contributed by atoms with van der Waals surface area (Å²) in [4.78, 5) is 10.8. The molecule has 0 amide bonds. The summed E-state index contributed by atoms with van der Waals surface area (Å²) in [5, 5.41) is 11.9. The molecule has 2 N–H and O–H groups in total. The molecular weight excluding hydrogens is 190 g/mol. The molecule has 15 heavy (non-hydrogen) atoms. The van der Waals surface area contributed by atoms with Crippen molar-refractivity contribution in [2.75, 3.05) is 6.54 Å². The van der Waals surface area contributed by atoms with Crippen molar-refractivity contribution < 1.29 is 9.90 Å². The van der Waals surface area contributed by atoms with E-state index < -0.39 is 5.97 Å². The molecule has 0 saturated carbocycles. The van der Waals surface area contributed by atoms with Gasteiger partial charge in [0.15, 0.2) is 0 Å². The van der Waals surface area contributed by atoms with Crippen molar-refractivity contribution in [1.29, 1.82) is 0 Å². The molecule has 1 saturated heterocycles. The summed E-state index contributed by atoms with van der Waals surface area (Å²) >= 11 is 0. The van der Waals surface area contributed by atoms with Crippen LogP contribution in [-0.4, -0.2) is 23.7 Å². The first kappa shape index (κ1) is 10.2. The highest BCUT2D eigenvalue weighted by molar-refractivity contribution is 5.74. The Hall–Kier alpha value is -1.35. The molecule has 1 heterocycles. The van der Waals surface area contributed by atoms with Gasteiger partial charge in [0.25, 0.3) is 0 Å². The second-order valence-electron chi connectivity index (χ2n) is 4.09. The summed E-state index contributed by atoms with van der Waals surface area (Å²) < 4.78 is 0. The number of nitrogens with one attached hydrogen (secondary N) is 1. The topological polar surface area (TPSA) is 49.3 Å². The molecule has 1 unspecified atom stereocenters. The van der Waals surface area contributed by atoms with Crippen LogP contribution in [0.2, 0.25) is 0 Å². The molecule has 0 spiro atoms. The molecule has 0 radical (unpaired) electrons. The molecule has 1 aliphatic rings. The number of carbonyl (C=O) groups is 1. The average molecular weight is 205 g/mol. The van der Waals surface area contributed by atoms with E-state index in [0.29, 0.717) is 12.3 Å². The quantitative estimate of drug-likeness (QED) is 0.769. The second kappa shape index (κ2) is 4.03. The molecule has 0 aliphatic carbocycles. The highest BCUT2D eigenvalue weighted by Crippen LogP contribution is 2.27. The van der Waals surface area contributed by atoms with E-state index >= 15 is 0 Å². The van der Waals surface area contributed by atoms with E-state index in [1.165, 1.54) is 11.1 Å². The van der Waals surface area contributed by atoms with Crippen LogP contribution >= 0.6 is 0 Å². The van der Waals surface area contributed by atoms with Gasteiger partial charge in [-0.1, -0.05) is 24.3 Å². The molecule has 1 aromatic carbocycles. The smallest absolute Gasteiger partial charge is 0.320 e. The number of carboxylic acids is 1. The minimum Gasteiger partial charge on any atom is -0.480 e. The fraction of sp³-hybridized carbons (Fsp3) is 0.417. The van der Waals surface area contributed by atoms with Crippen LogP contribution in [0.15, 0.2) is 24.3 Å². The zero-order valence-electron chi connectivity index (χ0n) is 8.73. The van der Waals surface area contributed by atoms with Crippen LogP contribution in [0.1, 0.15) is 23.5 Å². The van der Waals surface area contributed by atoms with Crippen LogP contribution in [0, 0.1) is 6.92 Å². The molecule has 80 valence electrons. The highest BCUT2D eigenvalue weighted by atomic mass is 16.4. The van der Waals surface area contributed by atoms with Gasteiger partial charge in [0, 0.05) is 6.54 Å². The summed E-state index contributed by atoms with van der Waals surface area (Å²) in [5.74, 6) is -0.404. The van der Waals surface area contributed by atoms with Gasteiger partial charge < -0.3 is 10.4 Å². The first-order valence-electron chi connectivity index (χ1n) is 5.20. The summed E-state index contributed by atoms with van der Waals surface area (Å²) in [6.45, 7) is 2.84. The SMILES string of the molecule is Cc1ccccc1C1CN[C@H](C(=O)O)C1. The van der Waals surface area contributed by atoms with Crippen molar-refractivity contribution in [2.45, 2.75) is 25.3 Å². The normalized spacial score (nSPS) is 25.4. The van der Waals surface area contributed by atoms with Crippen LogP contribution in [0.5, 0.6) is 0 Å². The van der Waals surface area contributed by atoms with E-state index in [9.17, 15) is 4.79 Å². The zero-order chi connectivity index (χ0) is 10.8. The van der Waals surface area contributed by atoms with Crippen molar-refractivity contribution in [3.63, 3.8) is 0 Å². The number of benzene rings is 1. The average Bonchev–Trinajstić information content (AvgIpc) is 2.67. The largest absolute Gasteiger partial charge is 0.480 e. The summed E-state index contributed by atoms with van der Waals surface area (Å²) in [6, 6.07) is 7.80. The van der Waals surface area contributed by atoms with Crippen LogP contribution < -0.4 is 5.32 Å². The lowest BCUT2D eigenvalue weighted by Crippen LogP contribution is -2.29. The van der Waals surface area contributed by atoms with Crippen molar-refractivity contribution in [2.24, 2.45) is 0 Å². The van der Waals surface area contributed by atoms with E-state index in [1.54, 1.807) is 0 Å². The van der Waals surface area contributed by atoms with Gasteiger partial charge in [-0.25, -0.2) is 0 Å². The number of hydrogen-bond acceptors (Lipinski definition) is 2. The maximum Gasteiger partial charge on any atom is 0.320 e.